The minimum Gasteiger partial charge on any atom is -0.222 e. The normalized spacial score (nSPS) is 26.8. The van der Waals surface area contributed by atoms with Gasteiger partial charge < -0.3 is 0 Å². The Labute approximate surface area is 172 Å². The number of hydrogen-bond acceptors (Lipinski definition) is 4. The van der Waals surface area contributed by atoms with Crippen molar-refractivity contribution in [3.05, 3.63) is 85.0 Å². The summed E-state index contributed by atoms with van der Waals surface area (Å²) in [7, 11) is -8.32. The molecule has 2 aromatic carbocycles. The zero-order chi connectivity index (χ0) is 20.9. The van der Waals surface area contributed by atoms with Crippen LogP contribution < -0.4 is 0 Å². The Bertz CT molecular complexity index is 1100. The lowest BCUT2D eigenvalue weighted by Crippen LogP contribution is -2.41. The molecule has 0 bridgehead atoms. The van der Waals surface area contributed by atoms with Crippen molar-refractivity contribution in [1.82, 2.24) is 0 Å². The van der Waals surface area contributed by atoms with Gasteiger partial charge in [-0.1, -0.05) is 67.6 Å². The van der Waals surface area contributed by atoms with Crippen molar-refractivity contribution in [2.45, 2.75) is 34.1 Å². The minimum atomic E-state index is -4.16. The number of hydrogen-bond donors (Lipinski definition) is 0. The molecule has 0 heterocycles. The fraction of sp³-hybridized carbons (Fsp3) is 0.304. The van der Waals surface area contributed by atoms with Crippen LogP contribution in [0.15, 0.2) is 94.8 Å². The first-order chi connectivity index (χ1) is 13.7. The number of allylic oxidation sites excluding steroid dienone is 3. The monoisotopic (exact) mass is 428 g/mol. The molecule has 6 heteroatoms. The average Bonchev–Trinajstić information content (AvgIpc) is 3.19. The molecule has 152 valence electrons. The molecule has 2 aliphatic carbocycles. The van der Waals surface area contributed by atoms with E-state index < -0.39 is 30.2 Å². The topological polar surface area (TPSA) is 68.3 Å². The van der Waals surface area contributed by atoms with Gasteiger partial charge in [-0.25, -0.2) is 16.8 Å². The van der Waals surface area contributed by atoms with Gasteiger partial charge in [-0.05, 0) is 48.4 Å². The molecule has 4 nitrogen and oxygen atoms in total. The van der Waals surface area contributed by atoms with Crippen molar-refractivity contribution < 1.29 is 16.8 Å². The molecule has 29 heavy (non-hydrogen) atoms. The summed E-state index contributed by atoms with van der Waals surface area (Å²) in [5.41, 5.74) is 0.678. The fourth-order valence-electron chi connectivity index (χ4n) is 4.87. The van der Waals surface area contributed by atoms with Crippen LogP contribution in [0.5, 0.6) is 0 Å². The van der Waals surface area contributed by atoms with Crippen LogP contribution in [0.3, 0.4) is 0 Å². The smallest absolute Gasteiger partial charge is 0.196 e. The maximum Gasteiger partial charge on any atom is 0.196 e. The molecule has 0 saturated heterocycles. The molecule has 3 atom stereocenters. The van der Waals surface area contributed by atoms with Crippen LogP contribution in [-0.2, 0) is 19.7 Å². The van der Waals surface area contributed by atoms with E-state index in [1.165, 1.54) is 24.3 Å². The second-order valence-corrected chi connectivity index (χ2v) is 12.6. The third-order valence-electron chi connectivity index (χ3n) is 6.29. The van der Waals surface area contributed by atoms with Crippen LogP contribution in [0.25, 0.3) is 0 Å². The highest BCUT2D eigenvalue weighted by Crippen LogP contribution is 2.57. The molecule has 2 aromatic rings. The number of sulfone groups is 2. The highest BCUT2D eigenvalue weighted by Gasteiger charge is 2.55. The zero-order valence-electron chi connectivity index (χ0n) is 16.2. The molecule has 0 aliphatic heterocycles. The summed E-state index contributed by atoms with van der Waals surface area (Å²) in [6.07, 6.45) is 5.42. The third kappa shape index (κ3) is 3.19. The summed E-state index contributed by atoms with van der Waals surface area (Å²) < 4.78 is 53.2. The second-order valence-electron chi connectivity index (χ2n) is 8.16. The molecule has 0 amide bonds. The summed E-state index contributed by atoms with van der Waals surface area (Å²) in [5.74, 6) is -0.880. The lowest BCUT2D eigenvalue weighted by Gasteiger charge is -2.32. The maximum atomic E-state index is 13.7. The molecule has 0 unspecified atom stereocenters. The highest BCUT2D eigenvalue weighted by molar-refractivity contribution is 8.09. The van der Waals surface area contributed by atoms with E-state index in [1.54, 1.807) is 42.5 Å². The summed E-state index contributed by atoms with van der Waals surface area (Å²) in [4.78, 5) is 0.0465. The van der Waals surface area contributed by atoms with Crippen LogP contribution in [0, 0.1) is 17.3 Å². The Morgan fingerprint density at radius 2 is 1.38 bits per heavy atom. The molecular formula is C23H24O4S2. The third-order valence-corrected chi connectivity index (χ3v) is 11.5. The van der Waals surface area contributed by atoms with Crippen molar-refractivity contribution in [2.75, 3.05) is 0 Å². The van der Waals surface area contributed by atoms with E-state index in [-0.39, 0.29) is 21.1 Å². The molecule has 2 aliphatic rings. The van der Waals surface area contributed by atoms with Gasteiger partial charge in [-0.2, -0.15) is 0 Å². The lowest BCUT2D eigenvalue weighted by molar-refractivity contribution is 0.307. The molecule has 0 radical (unpaired) electrons. The summed E-state index contributed by atoms with van der Waals surface area (Å²) in [5, 5.41) is 0. The van der Waals surface area contributed by atoms with E-state index in [1.807, 2.05) is 6.08 Å². The molecule has 1 saturated carbocycles. The van der Waals surface area contributed by atoms with Crippen molar-refractivity contribution in [1.29, 1.82) is 0 Å². The molecule has 0 spiro atoms. The largest absolute Gasteiger partial charge is 0.222 e. The average molecular weight is 429 g/mol. The van der Waals surface area contributed by atoms with Crippen molar-refractivity contribution in [2.24, 2.45) is 17.3 Å². The van der Waals surface area contributed by atoms with Gasteiger partial charge >= 0.3 is 0 Å². The molecular weight excluding hydrogens is 404 g/mol. The van der Waals surface area contributed by atoms with E-state index in [9.17, 15) is 16.8 Å². The molecule has 0 aromatic heterocycles. The van der Waals surface area contributed by atoms with E-state index in [2.05, 4.69) is 13.5 Å². The van der Waals surface area contributed by atoms with E-state index >= 15 is 0 Å². The van der Waals surface area contributed by atoms with Crippen molar-refractivity contribution >= 4 is 19.7 Å². The lowest BCUT2D eigenvalue weighted by atomic mass is 9.78. The SMILES string of the molecule is C=C1CC[C@@]2(C)C=C[C@H](C(S(=O)(=O)c3ccccc3)S(=O)(=O)c3ccccc3)[C@@H]12. The Kier molecular flexibility index (Phi) is 4.82. The van der Waals surface area contributed by atoms with E-state index in [4.69, 9.17) is 0 Å². The Balaban J connectivity index is 1.92. The van der Waals surface area contributed by atoms with Crippen molar-refractivity contribution in [3.63, 3.8) is 0 Å². The van der Waals surface area contributed by atoms with E-state index in [0.29, 0.717) is 0 Å². The predicted molar refractivity (Wildman–Crippen MR) is 114 cm³/mol. The van der Waals surface area contributed by atoms with Crippen molar-refractivity contribution in [3.8, 4) is 0 Å². The fourth-order valence-corrected chi connectivity index (χ4v) is 9.80. The minimum absolute atomic E-state index is 0.0233. The van der Waals surface area contributed by atoms with Gasteiger partial charge in [0.1, 0.15) is 0 Å². The molecule has 4 rings (SSSR count). The second kappa shape index (κ2) is 6.96. The Morgan fingerprint density at radius 1 is 0.897 bits per heavy atom. The predicted octanol–water partition coefficient (Wildman–Crippen LogP) is 4.42. The first-order valence-electron chi connectivity index (χ1n) is 9.63. The van der Waals surface area contributed by atoms with Crippen LogP contribution in [0.4, 0.5) is 0 Å². The van der Waals surface area contributed by atoms with Gasteiger partial charge in [0.15, 0.2) is 24.3 Å². The molecule has 0 N–H and O–H groups in total. The highest BCUT2D eigenvalue weighted by atomic mass is 32.3. The molecule has 1 fully saturated rings. The number of rotatable bonds is 5. The first-order valence-corrected chi connectivity index (χ1v) is 12.7. The van der Waals surface area contributed by atoms with Gasteiger partial charge in [-0.15, -0.1) is 0 Å². The maximum absolute atomic E-state index is 13.7. The van der Waals surface area contributed by atoms with Crippen LogP contribution in [-0.4, -0.2) is 21.4 Å². The standard InChI is InChI=1S/C23H24O4S2/c1-17-13-15-23(2)16-14-20(21(17)23)22(28(24,25)18-9-5-3-6-10-18)29(26,27)19-11-7-4-8-12-19/h3-12,14,16,20-22H,1,13,15H2,2H3/t20-,21+,23-/m0/s1. The quantitative estimate of drug-likeness (QED) is 0.661. The zero-order valence-corrected chi connectivity index (χ0v) is 17.9. The summed E-state index contributed by atoms with van der Waals surface area (Å²) in [6, 6.07) is 15.7. The number of fused-ring (bicyclic) bond motifs is 1. The van der Waals surface area contributed by atoms with Gasteiger partial charge in [0.2, 0.25) is 0 Å². The van der Waals surface area contributed by atoms with Gasteiger partial charge in [0.05, 0.1) is 9.79 Å². The van der Waals surface area contributed by atoms with E-state index in [0.717, 1.165) is 18.4 Å². The summed E-state index contributed by atoms with van der Waals surface area (Å²) >= 11 is 0. The first kappa shape index (κ1) is 20.1. The van der Waals surface area contributed by atoms with Crippen LogP contribution in [0.2, 0.25) is 0 Å². The Morgan fingerprint density at radius 3 is 1.86 bits per heavy atom. The van der Waals surface area contributed by atoms with Gasteiger partial charge in [0.25, 0.3) is 0 Å². The Hall–Kier alpha value is -2.18. The van der Waals surface area contributed by atoms with Gasteiger partial charge in [0, 0.05) is 5.92 Å². The number of benzene rings is 2. The van der Waals surface area contributed by atoms with Gasteiger partial charge in [-0.3, -0.25) is 0 Å². The summed E-state index contributed by atoms with van der Waals surface area (Å²) in [6.45, 7) is 6.22. The van der Waals surface area contributed by atoms with Crippen LogP contribution in [0.1, 0.15) is 19.8 Å². The van der Waals surface area contributed by atoms with Crippen LogP contribution >= 0.6 is 0 Å².